The summed E-state index contributed by atoms with van der Waals surface area (Å²) in [6, 6.07) is 0. The van der Waals surface area contributed by atoms with Gasteiger partial charge in [-0.2, -0.15) is 0 Å². The van der Waals surface area contributed by atoms with Gasteiger partial charge in [0, 0.05) is 0 Å². The highest BCUT2D eigenvalue weighted by atomic mass is 16.1. The number of allylic oxidation sites excluding steroid dienone is 8. The van der Waals surface area contributed by atoms with Crippen LogP contribution in [0.2, 0.25) is 0 Å². The Balaban J connectivity index is 1.84. The topological polar surface area (TPSA) is 17.1 Å². The average Bonchev–Trinajstić information content (AvgIpc) is 2.45. The van der Waals surface area contributed by atoms with Crippen molar-refractivity contribution in [1.82, 2.24) is 0 Å². The number of hydrogen-bond donors (Lipinski definition) is 0. The second-order valence-corrected chi connectivity index (χ2v) is 5.12. The van der Waals surface area contributed by atoms with Crippen molar-refractivity contribution in [1.29, 1.82) is 0 Å². The van der Waals surface area contributed by atoms with E-state index in [1.807, 2.05) is 12.2 Å². The normalized spacial score (nSPS) is 21.1. The molecule has 2 aliphatic carbocycles. The lowest BCUT2D eigenvalue weighted by Gasteiger charge is -2.08. The summed E-state index contributed by atoms with van der Waals surface area (Å²) in [7, 11) is 0. The van der Waals surface area contributed by atoms with Crippen LogP contribution in [0.3, 0.4) is 0 Å². The molecule has 0 spiro atoms. The molecule has 0 saturated heterocycles. The van der Waals surface area contributed by atoms with Crippen molar-refractivity contribution in [2.24, 2.45) is 0 Å². The Morgan fingerprint density at radius 2 is 1.33 bits per heavy atom. The van der Waals surface area contributed by atoms with Crippen LogP contribution in [0.5, 0.6) is 0 Å². The zero-order chi connectivity index (χ0) is 12.6. The molecule has 0 bridgehead atoms. The van der Waals surface area contributed by atoms with Crippen molar-refractivity contribution in [3.05, 3.63) is 47.6 Å². The fraction of sp³-hybridized carbons (Fsp3) is 0.471. The second kappa shape index (κ2) is 7.15. The third kappa shape index (κ3) is 4.48. The van der Waals surface area contributed by atoms with Crippen molar-refractivity contribution >= 4 is 5.78 Å². The first-order chi connectivity index (χ1) is 8.84. The molecule has 96 valence electrons. The maximum Gasteiger partial charge on any atom is 0.178 e. The van der Waals surface area contributed by atoms with Gasteiger partial charge in [-0.15, -0.1) is 0 Å². The maximum atomic E-state index is 11.7. The Kier molecular flexibility index (Phi) is 5.19. The fourth-order valence-electron chi connectivity index (χ4n) is 2.46. The molecule has 0 atom stereocenters. The predicted molar refractivity (Wildman–Crippen MR) is 76.4 cm³/mol. The molecule has 18 heavy (non-hydrogen) atoms. The summed E-state index contributed by atoms with van der Waals surface area (Å²) in [4.78, 5) is 11.7. The molecule has 0 heterocycles. The lowest BCUT2D eigenvalue weighted by atomic mass is 9.98. The standard InChI is InChI=1S/C17H22O/c18-17(13-11-15-7-3-1-4-8-15)14-12-16-9-5-2-6-10-16/h7,9,11-14H,1-6,8,10H2/b13-11+,14-12+. The summed E-state index contributed by atoms with van der Waals surface area (Å²) in [6.45, 7) is 0. The number of ketones is 1. The van der Waals surface area contributed by atoms with E-state index in [2.05, 4.69) is 12.2 Å². The van der Waals surface area contributed by atoms with E-state index < -0.39 is 0 Å². The van der Waals surface area contributed by atoms with Gasteiger partial charge in [0.05, 0.1) is 0 Å². The lowest BCUT2D eigenvalue weighted by molar-refractivity contribution is -0.110. The Hall–Kier alpha value is -1.37. The van der Waals surface area contributed by atoms with Crippen molar-refractivity contribution in [3.8, 4) is 0 Å². The van der Waals surface area contributed by atoms with Crippen molar-refractivity contribution in [3.63, 3.8) is 0 Å². The minimum absolute atomic E-state index is 0.105. The van der Waals surface area contributed by atoms with Crippen molar-refractivity contribution in [2.75, 3.05) is 0 Å². The summed E-state index contributed by atoms with van der Waals surface area (Å²) in [5, 5.41) is 0. The highest BCUT2D eigenvalue weighted by Gasteiger charge is 2.01. The molecule has 0 aliphatic heterocycles. The molecule has 0 unspecified atom stereocenters. The third-order valence-electron chi connectivity index (χ3n) is 3.58. The van der Waals surface area contributed by atoms with E-state index in [1.165, 1.54) is 36.8 Å². The summed E-state index contributed by atoms with van der Waals surface area (Å²) < 4.78 is 0. The van der Waals surface area contributed by atoms with E-state index in [1.54, 1.807) is 12.2 Å². The number of rotatable bonds is 4. The van der Waals surface area contributed by atoms with Gasteiger partial charge in [-0.3, -0.25) is 4.79 Å². The van der Waals surface area contributed by atoms with Crippen LogP contribution in [0.1, 0.15) is 51.4 Å². The summed E-state index contributed by atoms with van der Waals surface area (Å²) in [5.74, 6) is 0.105. The highest BCUT2D eigenvalue weighted by Crippen LogP contribution is 2.19. The molecule has 0 N–H and O–H groups in total. The van der Waals surface area contributed by atoms with Crippen LogP contribution in [0.25, 0.3) is 0 Å². The molecule has 0 fully saturated rings. The number of carbonyl (C=O) groups excluding carboxylic acids is 1. The number of hydrogen-bond acceptors (Lipinski definition) is 1. The first kappa shape index (κ1) is 13.1. The van der Waals surface area contributed by atoms with Crippen molar-refractivity contribution < 1.29 is 4.79 Å². The maximum absolute atomic E-state index is 11.7. The van der Waals surface area contributed by atoms with Gasteiger partial charge in [0.1, 0.15) is 0 Å². The molecule has 0 aromatic rings. The van der Waals surface area contributed by atoms with Gasteiger partial charge in [0.15, 0.2) is 5.78 Å². The molecule has 1 nitrogen and oxygen atoms in total. The Bertz CT molecular complexity index is 369. The molecule has 0 saturated carbocycles. The van der Waals surface area contributed by atoms with Gasteiger partial charge in [0.2, 0.25) is 0 Å². The molecule has 2 rings (SSSR count). The zero-order valence-electron chi connectivity index (χ0n) is 11.0. The van der Waals surface area contributed by atoms with Crippen LogP contribution in [0.15, 0.2) is 47.6 Å². The van der Waals surface area contributed by atoms with Crippen LogP contribution in [-0.2, 0) is 4.79 Å². The summed E-state index contributed by atoms with van der Waals surface area (Å²) in [6.07, 6.45) is 21.6. The predicted octanol–water partition coefficient (Wildman–Crippen LogP) is 4.67. The van der Waals surface area contributed by atoms with Crippen LogP contribution in [-0.4, -0.2) is 5.78 Å². The molecule has 2 aliphatic rings. The van der Waals surface area contributed by atoms with Crippen LogP contribution in [0.4, 0.5) is 0 Å². The monoisotopic (exact) mass is 242 g/mol. The smallest absolute Gasteiger partial charge is 0.178 e. The Morgan fingerprint density at radius 1 is 0.833 bits per heavy atom. The Morgan fingerprint density at radius 3 is 1.72 bits per heavy atom. The van der Waals surface area contributed by atoms with Crippen molar-refractivity contribution in [2.45, 2.75) is 51.4 Å². The van der Waals surface area contributed by atoms with Gasteiger partial charge in [-0.05, 0) is 63.5 Å². The van der Waals surface area contributed by atoms with E-state index in [-0.39, 0.29) is 5.78 Å². The van der Waals surface area contributed by atoms with Gasteiger partial charge in [-0.25, -0.2) is 0 Å². The Labute approximate surface area is 110 Å². The van der Waals surface area contributed by atoms with E-state index >= 15 is 0 Å². The van der Waals surface area contributed by atoms with E-state index in [4.69, 9.17) is 0 Å². The summed E-state index contributed by atoms with van der Waals surface area (Å²) >= 11 is 0. The van der Waals surface area contributed by atoms with Gasteiger partial charge >= 0.3 is 0 Å². The van der Waals surface area contributed by atoms with Crippen LogP contribution in [0, 0.1) is 0 Å². The fourth-order valence-corrected chi connectivity index (χ4v) is 2.46. The lowest BCUT2D eigenvalue weighted by Crippen LogP contribution is -1.92. The van der Waals surface area contributed by atoms with Gasteiger partial charge < -0.3 is 0 Å². The van der Waals surface area contributed by atoms with Gasteiger partial charge in [0.25, 0.3) is 0 Å². The quantitative estimate of drug-likeness (QED) is 0.655. The zero-order valence-corrected chi connectivity index (χ0v) is 11.0. The SMILES string of the molecule is O=C(/C=C/C1=CCCCC1)/C=C/C1=CCCCC1. The first-order valence-corrected chi connectivity index (χ1v) is 7.13. The largest absolute Gasteiger partial charge is 0.290 e. The second-order valence-electron chi connectivity index (χ2n) is 5.12. The molecular formula is C17H22O. The van der Waals surface area contributed by atoms with Crippen LogP contribution < -0.4 is 0 Å². The average molecular weight is 242 g/mol. The highest BCUT2D eigenvalue weighted by molar-refractivity contribution is 5.99. The van der Waals surface area contributed by atoms with E-state index in [0.717, 1.165) is 25.7 Å². The molecule has 0 aromatic carbocycles. The molecule has 0 aromatic heterocycles. The van der Waals surface area contributed by atoms with E-state index in [0.29, 0.717) is 0 Å². The van der Waals surface area contributed by atoms with E-state index in [9.17, 15) is 4.79 Å². The minimum atomic E-state index is 0.105. The van der Waals surface area contributed by atoms with Gasteiger partial charge in [-0.1, -0.05) is 35.5 Å². The molecular weight excluding hydrogens is 220 g/mol. The number of carbonyl (C=O) groups is 1. The molecule has 0 radical (unpaired) electrons. The van der Waals surface area contributed by atoms with Crippen LogP contribution >= 0.6 is 0 Å². The summed E-state index contributed by atoms with van der Waals surface area (Å²) in [5.41, 5.74) is 2.64. The third-order valence-corrected chi connectivity index (χ3v) is 3.58. The minimum Gasteiger partial charge on any atom is -0.290 e. The molecule has 1 heteroatoms. The molecule has 0 amide bonds. The first-order valence-electron chi connectivity index (χ1n) is 7.13.